The third-order valence-corrected chi connectivity index (χ3v) is 3.48. The van der Waals surface area contributed by atoms with Crippen molar-refractivity contribution in [2.45, 2.75) is 26.9 Å². The zero-order valence-electron chi connectivity index (χ0n) is 9.00. The first-order valence-electron chi connectivity index (χ1n) is 4.63. The van der Waals surface area contributed by atoms with E-state index in [1.165, 1.54) is 6.92 Å². The molecule has 92 valence electrons. The van der Waals surface area contributed by atoms with Gasteiger partial charge in [-0.3, -0.25) is 0 Å². The van der Waals surface area contributed by atoms with Gasteiger partial charge < -0.3 is 0 Å². The molecular formula is C8H16F3NO2S. The van der Waals surface area contributed by atoms with E-state index in [0.29, 0.717) is 4.31 Å². The summed E-state index contributed by atoms with van der Waals surface area (Å²) in [7, 11) is -3.78. The molecule has 0 spiro atoms. The first-order valence-corrected chi connectivity index (χ1v) is 6.24. The molecule has 15 heavy (non-hydrogen) atoms. The maximum Gasteiger partial charge on any atom is 0.402 e. The molecular weight excluding hydrogens is 231 g/mol. The van der Waals surface area contributed by atoms with E-state index < -0.39 is 22.7 Å². The summed E-state index contributed by atoms with van der Waals surface area (Å²) in [6.07, 6.45) is -4.49. The molecule has 0 atom stereocenters. The molecule has 7 heteroatoms. The van der Waals surface area contributed by atoms with Crippen LogP contribution in [0.4, 0.5) is 13.2 Å². The molecule has 0 bridgehead atoms. The van der Waals surface area contributed by atoms with Crippen LogP contribution in [0.25, 0.3) is 0 Å². The molecule has 0 aromatic heterocycles. The van der Waals surface area contributed by atoms with E-state index in [-0.39, 0.29) is 18.2 Å². The van der Waals surface area contributed by atoms with E-state index >= 15 is 0 Å². The highest BCUT2D eigenvalue weighted by molar-refractivity contribution is 7.89. The van der Waals surface area contributed by atoms with Gasteiger partial charge in [-0.2, -0.15) is 17.5 Å². The first-order chi connectivity index (χ1) is 6.58. The Morgan fingerprint density at radius 3 is 2.00 bits per heavy atom. The van der Waals surface area contributed by atoms with Crippen molar-refractivity contribution in [2.24, 2.45) is 5.92 Å². The summed E-state index contributed by atoms with van der Waals surface area (Å²) >= 11 is 0. The lowest BCUT2D eigenvalue weighted by atomic mass is 10.2. The van der Waals surface area contributed by atoms with Crippen molar-refractivity contribution in [1.82, 2.24) is 4.31 Å². The smallest absolute Gasteiger partial charge is 0.212 e. The molecule has 0 aliphatic heterocycles. The second-order valence-electron chi connectivity index (χ2n) is 3.70. The lowest BCUT2D eigenvalue weighted by molar-refractivity contribution is -0.136. The van der Waals surface area contributed by atoms with Crippen LogP contribution in [0.3, 0.4) is 0 Å². The van der Waals surface area contributed by atoms with Crippen LogP contribution in [0, 0.1) is 5.92 Å². The molecule has 0 aromatic rings. The summed E-state index contributed by atoms with van der Waals surface area (Å²) in [6, 6.07) is 0. The summed E-state index contributed by atoms with van der Waals surface area (Å²) < 4.78 is 59.5. The lowest BCUT2D eigenvalue weighted by Gasteiger charge is -2.24. The van der Waals surface area contributed by atoms with Crippen molar-refractivity contribution >= 4 is 10.0 Å². The second-order valence-corrected chi connectivity index (χ2v) is 5.96. The minimum Gasteiger partial charge on any atom is -0.212 e. The third kappa shape index (κ3) is 5.99. The second kappa shape index (κ2) is 5.16. The van der Waals surface area contributed by atoms with Gasteiger partial charge >= 0.3 is 6.18 Å². The van der Waals surface area contributed by atoms with E-state index in [9.17, 15) is 21.6 Å². The minimum atomic E-state index is -4.49. The number of rotatable bonds is 5. The van der Waals surface area contributed by atoms with Gasteiger partial charge in [0.25, 0.3) is 0 Å². The van der Waals surface area contributed by atoms with Crippen LogP contribution in [-0.4, -0.2) is 37.7 Å². The molecule has 0 unspecified atom stereocenters. The fourth-order valence-corrected chi connectivity index (χ4v) is 2.30. The topological polar surface area (TPSA) is 37.4 Å². The van der Waals surface area contributed by atoms with Crippen LogP contribution in [0.5, 0.6) is 0 Å². The molecule has 0 heterocycles. The van der Waals surface area contributed by atoms with Gasteiger partial charge in [-0.05, 0) is 12.8 Å². The molecule has 0 saturated carbocycles. The van der Waals surface area contributed by atoms with Crippen molar-refractivity contribution in [1.29, 1.82) is 0 Å². The predicted molar refractivity (Wildman–Crippen MR) is 51.9 cm³/mol. The molecule has 3 nitrogen and oxygen atoms in total. The zero-order valence-corrected chi connectivity index (χ0v) is 9.82. The van der Waals surface area contributed by atoms with Gasteiger partial charge in [0.05, 0.1) is 5.75 Å². The van der Waals surface area contributed by atoms with E-state index in [2.05, 4.69) is 0 Å². The van der Waals surface area contributed by atoms with E-state index in [1.807, 2.05) is 0 Å². The molecule has 0 amide bonds. The Bertz CT molecular complexity index is 285. The SMILES string of the molecule is CCS(=O)(=O)N(CC(C)C)CC(F)(F)F. The van der Waals surface area contributed by atoms with Gasteiger partial charge in [0.15, 0.2) is 0 Å². The normalized spacial score (nSPS) is 13.9. The lowest BCUT2D eigenvalue weighted by Crippen LogP contribution is -2.41. The molecule has 0 rings (SSSR count). The maximum atomic E-state index is 12.1. The summed E-state index contributed by atoms with van der Waals surface area (Å²) in [6.45, 7) is 3.18. The molecule has 0 saturated heterocycles. The summed E-state index contributed by atoms with van der Waals surface area (Å²) in [5.41, 5.74) is 0. The van der Waals surface area contributed by atoms with Crippen LogP contribution in [0.15, 0.2) is 0 Å². The number of hydrogen-bond acceptors (Lipinski definition) is 2. The molecule has 0 fully saturated rings. The quantitative estimate of drug-likeness (QED) is 0.743. The predicted octanol–water partition coefficient (Wildman–Crippen LogP) is 1.86. The Kier molecular flexibility index (Phi) is 5.05. The van der Waals surface area contributed by atoms with Crippen molar-refractivity contribution in [3.05, 3.63) is 0 Å². The summed E-state index contributed by atoms with van der Waals surface area (Å²) in [4.78, 5) is 0. The zero-order chi connectivity index (χ0) is 12.3. The Balaban J connectivity index is 4.75. The largest absolute Gasteiger partial charge is 0.402 e. The van der Waals surface area contributed by atoms with Crippen molar-refractivity contribution < 1.29 is 21.6 Å². The average molecular weight is 247 g/mol. The fraction of sp³-hybridized carbons (Fsp3) is 1.00. The average Bonchev–Trinajstić information content (AvgIpc) is 1.99. The van der Waals surface area contributed by atoms with Gasteiger partial charge in [0, 0.05) is 6.54 Å². The van der Waals surface area contributed by atoms with Gasteiger partial charge in [0.1, 0.15) is 6.54 Å². The summed E-state index contributed by atoms with van der Waals surface area (Å²) in [5.74, 6) is -0.441. The van der Waals surface area contributed by atoms with E-state index in [4.69, 9.17) is 0 Å². The van der Waals surface area contributed by atoms with E-state index in [1.54, 1.807) is 13.8 Å². The molecule has 0 aliphatic rings. The number of halogens is 3. The van der Waals surface area contributed by atoms with Gasteiger partial charge in [-0.25, -0.2) is 8.42 Å². The third-order valence-electron chi connectivity index (χ3n) is 1.68. The van der Waals surface area contributed by atoms with Gasteiger partial charge in [-0.15, -0.1) is 0 Å². The number of nitrogens with zero attached hydrogens (tertiary/aromatic N) is 1. The van der Waals surface area contributed by atoms with Crippen molar-refractivity contribution in [3.63, 3.8) is 0 Å². The highest BCUT2D eigenvalue weighted by Crippen LogP contribution is 2.19. The van der Waals surface area contributed by atoms with Crippen molar-refractivity contribution in [3.8, 4) is 0 Å². The van der Waals surface area contributed by atoms with Crippen LogP contribution in [-0.2, 0) is 10.0 Å². The highest BCUT2D eigenvalue weighted by atomic mass is 32.2. The first kappa shape index (κ1) is 14.7. The Hall–Kier alpha value is -0.300. The van der Waals surface area contributed by atoms with Crippen LogP contribution >= 0.6 is 0 Å². The maximum absolute atomic E-state index is 12.1. The number of alkyl halides is 3. The number of sulfonamides is 1. The monoisotopic (exact) mass is 247 g/mol. The molecule has 0 radical (unpaired) electrons. The van der Waals surface area contributed by atoms with Crippen molar-refractivity contribution in [2.75, 3.05) is 18.8 Å². The Labute approximate surface area is 88.3 Å². The van der Waals surface area contributed by atoms with Crippen LogP contribution < -0.4 is 0 Å². The van der Waals surface area contributed by atoms with Gasteiger partial charge in [-0.1, -0.05) is 13.8 Å². The Morgan fingerprint density at radius 2 is 1.73 bits per heavy atom. The Morgan fingerprint density at radius 1 is 1.27 bits per heavy atom. The number of hydrogen-bond donors (Lipinski definition) is 0. The van der Waals surface area contributed by atoms with Crippen LogP contribution in [0.2, 0.25) is 0 Å². The molecule has 0 aromatic carbocycles. The minimum absolute atomic E-state index is 0.102. The molecule has 0 N–H and O–H groups in total. The summed E-state index contributed by atoms with van der Waals surface area (Å²) in [5, 5.41) is 0. The van der Waals surface area contributed by atoms with Crippen LogP contribution in [0.1, 0.15) is 20.8 Å². The fourth-order valence-electron chi connectivity index (χ4n) is 1.07. The standard InChI is InChI=1S/C8H16F3NO2S/c1-4-15(13,14)12(5-7(2)3)6-8(9,10)11/h7H,4-6H2,1-3H3. The molecule has 0 aliphatic carbocycles. The van der Waals surface area contributed by atoms with Gasteiger partial charge in [0.2, 0.25) is 10.0 Å². The highest BCUT2D eigenvalue weighted by Gasteiger charge is 2.35. The van der Waals surface area contributed by atoms with E-state index in [0.717, 1.165) is 0 Å².